The number of benzene rings is 1. The van der Waals surface area contributed by atoms with Gasteiger partial charge in [-0.3, -0.25) is 0 Å². The average Bonchev–Trinajstić information content (AvgIpc) is 3.24. The van der Waals surface area contributed by atoms with Crippen molar-refractivity contribution in [2.24, 2.45) is 5.73 Å². The third-order valence-electron chi connectivity index (χ3n) is 3.48. The molecular weight excluding hydrogens is 270 g/mol. The van der Waals surface area contributed by atoms with Gasteiger partial charge in [-0.25, -0.2) is 0 Å². The van der Waals surface area contributed by atoms with E-state index in [1.54, 1.807) is 7.11 Å². The van der Waals surface area contributed by atoms with Crippen molar-refractivity contribution < 1.29 is 14.0 Å². The maximum atomic E-state index is 5.86. The minimum Gasteiger partial charge on any atom is -0.493 e. The number of hydrogen-bond donors (Lipinski definition) is 1. The summed E-state index contributed by atoms with van der Waals surface area (Å²) in [6.07, 6.45) is 2.27. The van der Waals surface area contributed by atoms with Gasteiger partial charge in [0.05, 0.1) is 7.11 Å². The van der Waals surface area contributed by atoms with Crippen LogP contribution in [0, 0.1) is 0 Å². The summed E-state index contributed by atoms with van der Waals surface area (Å²) in [6.45, 7) is 2.18. The van der Waals surface area contributed by atoms with Crippen LogP contribution < -0.4 is 15.2 Å². The molecule has 1 fully saturated rings. The SMILES string of the molecule is COc1cc([C@@H](C)N)ccc1OCc1noc(C2CC2)n1. The summed E-state index contributed by atoms with van der Waals surface area (Å²) in [5.74, 6) is 3.00. The summed E-state index contributed by atoms with van der Waals surface area (Å²) in [7, 11) is 1.60. The zero-order chi connectivity index (χ0) is 14.8. The Hall–Kier alpha value is -2.08. The number of rotatable bonds is 6. The molecule has 0 bridgehead atoms. The lowest BCUT2D eigenvalue weighted by molar-refractivity contribution is 0.269. The van der Waals surface area contributed by atoms with E-state index in [4.69, 9.17) is 19.7 Å². The molecule has 1 aliphatic rings. The fraction of sp³-hybridized carbons (Fsp3) is 0.467. The summed E-state index contributed by atoms with van der Waals surface area (Å²) < 4.78 is 16.2. The first-order chi connectivity index (χ1) is 10.2. The van der Waals surface area contributed by atoms with Crippen LogP contribution in [0.2, 0.25) is 0 Å². The van der Waals surface area contributed by atoms with Crippen LogP contribution in [0.4, 0.5) is 0 Å². The zero-order valence-corrected chi connectivity index (χ0v) is 12.2. The second-order valence-corrected chi connectivity index (χ2v) is 5.31. The van der Waals surface area contributed by atoms with Crippen LogP contribution in [0.1, 0.15) is 49.0 Å². The van der Waals surface area contributed by atoms with Crippen molar-refractivity contribution in [2.75, 3.05) is 7.11 Å². The number of methoxy groups -OCH3 is 1. The summed E-state index contributed by atoms with van der Waals surface area (Å²) in [6, 6.07) is 5.60. The fourth-order valence-corrected chi connectivity index (χ4v) is 2.05. The Morgan fingerprint density at radius 1 is 1.38 bits per heavy atom. The minimum atomic E-state index is -0.0498. The standard InChI is InChI=1S/C15H19N3O3/c1-9(16)11-5-6-12(13(7-11)19-2)20-8-14-17-15(21-18-14)10-3-4-10/h5-7,9-10H,3-4,8,16H2,1-2H3/t9-/m1/s1. The van der Waals surface area contributed by atoms with Gasteiger partial charge < -0.3 is 19.7 Å². The Morgan fingerprint density at radius 3 is 2.86 bits per heavy atom. The molecule has 1 aliphatic carbocycles. The van der Waals surface area contributed by atoms with E-state index in [-0.39, 0.29) is 12.6 Å². The van der Waals surface area contributed by atoms with E-state index in [0.717, 1.165) is 18.4 Å². The van der Waals surface area contributed by atoms with Gasteiger partial charge >= 0.3 is 0 Å². The van der Waals surface area contributed by atoms with Gasteiger partial charge in [0.2, 0.25) is 11.7 Å². The third-order valence-corrected chi connectivity index (χ3v) is 3.48. The summed E-state index contributed by atoms with van der Waals surface area (Å²) in [4.78, 5) is 4.33. The predicted molar refractivity (Wildman–Crippen MR) is 76.2 cm³/mol. The van der Waals surface area contributed by atoms with Gasteiger partial charge in [0, 0.05) is 12.0 Å². The summed E-state index contributed by atoms with van der Waals surface area (Å²) in [5, 5.41) is 3.92. The highest BCUT2D eigenvalue weighted by atomic mass is 16.5. The van der Waals surface area contributed by atoms with Crippen LogP contribution in [0.5, 0.6) is 11.5 Å². The normalized spacial score (nSPS) is 15.8. The number of aromatic nitrogens is 2. The predicted octanol–water partition coefficient (Wildman–Crippen LogP) is 2.55. The Balaban J connectivity index is 1.68. The second-order valence-electron chi connectivity index (χ2n) is 5.31. The van der Waals surface area contributed by atoms with E-state index < -0.39 is 0 Å². The van der Waals surface area contributed by atoms with Crippen LogP contribution in [0.3, 0.4) is 0 Å². The van der Waals surface area contributed by atoms with Crippen LogP contribution in [0.15, 0.2) is 22.7 Å². The largest absolute Gasteiger partial charge is 0.493 e. The molecule has 21 heavy (non-hydrogen) atoms. The highest BCUT2D eigenvalue weighted by molar-refractivity contribution is 5.43. The fourth-order valence-electron chi connectivity index (χ4n) is 2.05. The van der Waals surface area contributed by atoms with Crippen LogP contribution in [-0.4, -0.2) is 17.3 Å². The van der Waals surface area contributed by atoms with Gasteiger partial charge in [0.25, 0.3) is 0 Å². The molecule has 0 spiro atoms. The maximum absolute atomic E-state index is 5.86. The second kappa shape index (κ2) is 5.73. The molecule has 0 radical (unpaired) electrons. The molecule has 6 nitrogen and oxygen atoms in total. The number of nitrogens with zero attached hydrogens (tertiary/aromatic N) is 2. The minimum absolute atomic E-state index is 0.0498. The molecule has 1 saturated carbocycles. The van der Waals surface area contributed by atoms with Gasteiger partial charge in [-0.15, -0.1) is 0 Å². The molecule has 2 aromatic rings. The summed E-state index contributed by atoms with van der Waals surface area (Å²) in [5.41, 5.74) is 6.86. The highest BCUT2D eigenvalue weighted by Crippen LogP contribution is 2.39. The van der Waals surface area contributed by atoms with Crippen LogP contribution in [-0.2, 0) is 6.61 Å². The lowest BCUT2D eigenvalue weighted by Gasteiger charge is -2.12. The molecule has 1 heterocycles. The topological polar surface area (TPSA) is 83.4 Å². The summed E-state index contributed by atoms with van der Waals surface area (Å²) >= 11 is 0. The molecule has 1 atom stereocenters. The molecule has 0 amide bonds. The number of ether oxygens (including phenoxy) is 2. The lowest BCUT2D eigenvalue weighted by atomic mass is 10.1. The van der Waals surface area contributed by atoms with Crippen LogP contribution >= 0.6 is 0 Å². The van der Waals surface area contributed by atoms with Gasteiger partial charge in [-0.2, -0.15) is 4.98 Å². The van der Waals surface area contributed by atoms with Gasteiger partial charge in [-0.05, 0) is 37.5 Å². The van der Waals surface area contributed by atoms with Crippen molar-refractivity contribution in [3.05, 3.63) is 35.5 Å². The van der Waals surface area contributed by atoms with Crippen molar-refractivity contribution >= 4 is 0 Å². The first kappa shape index (κ1) is 13.9. The Kier molecular flexibility index (Phi) is 3.79. The first-order valence-electron chi connectivity index (χ1n) is 7.06. The quantitative estimate of drug-likeness (QED) is 0.880. The average molecular weight is 289 g/mol. The van der Waals surface area contributed by atoms with Crippen LogP contribution in [0.25, 0.3) is 0 Å². The third kappa shape index (κ3) is 3.16. The maximum Gasteiger partial charge on any atom is 0.229 e. The Bertz CT molecular complexity index is 620. The van der Waals surface area contributed by atoms with Crippen molar-refractivity contribution in [1.82, 2.24) is 10.1 Å². The van der Waals surface area contributed by atoms with E-state index in [9.17, 15) is 0 Å². The zero-order valence-electron chi connectivity index (χ0n) is 12.2. The van der Waals surface area contributed by atoms with Crippen molar-refractivity contribution in [3.63, 3.8) is 0 Å². The molecule has 0 saturated heterocycles. The highest BCUT2D eigenvalue weighted by Gasteiger charge is 2.29. The molecule has 112 valence electrons. The van der Waals surface area contributed by atoms with Crippen molar-refractivity contribution in [1.29, 1.82) is 0 Å². The van der Waals surface area contributed by atoms with E-state index in [1.807, 2.05) is 25.1 Å². The van der Waals surface area contributed by atoms with Gasteiger partial charge in [-0.1, -0.05) is 11.2 Å². The lowest BCUT2D eigenvalue weighted by Crippen LogP contribution is -2.06. The van der Waals surface area contributed by atoms with Crippen molar-refractivity contribution in [2.45, 2.75) is 38.3 Å². The molecule has 3 rings (SSSR count). The number of nitrogens with two attached hydrogens (primary N) is 1. The van der Waals surface area contributed by atoms with Crippen molar-refractivity contribution in [3.8, 4) is 11.5 Å². The molecule has 1 aromatic carbocycles. The molecule has 0 aliphatic heterocycles. The van der Waals surface area contributed by atoms with Gasteiger partial charge in [0.15, 0.2) is 18.1 Å². The Labute approximate surface area is 123 Å². The number of hydrogen-bond acceptors (Lipinski definition) is 6. The van der Waals surface area contributed by atoms with E-state index in [1.165, 1.54) is 0 Å². The molecule has 1 aromatic heterocycles. The first-order valence-corrected chi connectivity index (χ1v) is 7.06. The van der Waals surface area contributed by atoms with E-state index in [2.05, 4.69) is 10.1 Å². The van der Waals surface area contributed by atoms with E-state index in [0.29, 0.717) is 29.1 Å². The van der Waals surface area contributed by atoms with Gasteiger partial charge in [0.1, 0.15) is 0 Å². The van der Waals surface area contributed by atoms with E-state index >= 15 is 0 Å². The molecule has 6 heteroatoms. The molecule has 2 N–H and O–H groups in total. The Morgan fingerprint density at radius 2 is 2.19 bits per heavy atom. The monoisotopic (exact) mass is 289 g/mol. The smallest absolute Gasteiger partial charge is 0.229 e. The molecule has 0 unspecified atom stereocenters. The molecular formula is C15H19N3O3.